The number of carbonyl (C=O) groups is 2. The molecule has 25 heavy (non-hydrogen) atoms. The molecule has 2 amide bonds. The number of para-hydroxylation sites is 2. The Morgan fingerprint density at radius 3 is 2.48 bits per heavy atom. The van der Waals surface area contributed by atoms with Gasteiger partial charge in [0, 0.05) is 19.7 Å². The molecule has 0 heterocycles. The average Bonchev–Trinajstić information content (AvgIpc) is 2.60. The number of benzene rings is 2. The van der Waals surface area contributed by atoms with Crippen LogP contribution >= 0.6 is 0 Å². The molecule has 0 saturated heterocycles. The van der Waals surface area contributed by atoms with Crippen LogP contribution in [0.25, 0.3) is 0 Å². The van der Waals surface area contributed by atoms with Gasteiger partial charge in [-0.1, -0.05) is 18.2 Å². The molecule has 0 fully saturated rings. The minimum atomic E-state index is -0.312. The predicted octanol–water partition coefficient (Wildman–Crippen LogP) is 2.72. The van der Waals surface area contributed by atoms with Gasteiger partial charge in [-0.25, -0.2) is 0 Å². The van der Waals surface area contributed by atoms with Crippen molar-refractivity contribution in [2.75, 3.05) is 33.1 Å². The zero-order chi connectivity index (χ0) is 18.4. The highest BCUT2D eigenvalue weighted by Gasteiger charge is 2.12. The predicted molar refractivity (Wildman–Crippen MR) is 96.3 cm³/mol. The summed E-state index contributed by atoms with van der Waals surface area (Å²) in [5.74, 6) is 0.644. The van der Waals surface area contributed by atoms with Crippen molar-refractivity contribution >= 4 is 17.5 Å². The summed E-state index contributed by atoms with van der Waals surface area (Å²) in [4.78, 5) is 25.6. The van der Waals surface area contributed by atoms with Gasteiger partial charge in [0.15, 0.2) is 6.61 Å². The Labute approximate surface area is 147 Å². The maximum atomic E-state index is 12.1. The first-order valence-corrected chi connectivity index (χ1v) is 7.80. The average molecular weight is 342 g/mol. The molecule has 6 nitrogen and oxygen atoms in total. The van der Waals surface area contributed by atoms with Gasteiger partial charge in [0.1, 0.15) is 11.5 Å². The van der Waals surface area contributed by atoms with E-state index < -0.39 is 0 Å². The van der Waals surface area contributed by atoms with Crippen LogP contribution in [-0.4, -0.2) is 44.5 Å². The molecule has 2 aromatic rings. The standard InChI is InChI=1S/C19H22N2O4/c1-13-9-10-14(19(23)21(2)3)11-17(13)25-12-18(22)20-15-7-5-6-8-16(15)24-4/h5-11H,12H2,1-4H3,(H,20,22). The summed E-state index contributed by atoms with van der Waals surface area (Å²) < 4.78 is 10.8. The highest BCUT2D eigenvalue weighted by Crippen LogP contribution is 2.23. The highest BCUT2D eigenvalue weighted by atomic mass is 16.5. The number of rotatable bonds is 6. The van der Waals surface area contributed by atoms with Gasteiger partial charge in [0.25, 0.3) is 11.8 Å². The van der Waals surface area contributed by atoms with E-state index in [0.717, 1.165) is 5.56 Å². The Hall–Kier alpha value is -3.02. The monoisotopic (exact) mass is 342 g/mol. The van der Waals surface area contributed by atoms with Gasteiger partial charge >= 0.3 is 0 Å². The van der Waals surface area contributed by atoms with Crippen molar-refractivity contribution in [3.8, 4) is 11.5 Å². The summed E-state index contributed by atoms with van der Waals surface area (Å²) in [5.41, 5.74) is 1.93. The van der Waals surface area contributed by atoms with Crippen LogP contribution in [0.15, 0.2) is 42.5 Å². The second-order valence-electron chi connectivity index (χ2n) is 5.72. The molecule has 2 rings (SSSR count). The molecule has 0 spiro atoms. The van der Waals surface area contributed by atoms with Crippen LogP contribution in [-0.2, 0) is 4.79 Å². The molecular formula is C19H22N2O4. The number of nitrogens with one attached hydrogen (secondary N) is 1. The lowest BCUT2D eigenvalue weighted by molar-refractivity contribution is -0.118. The number of aryl methyl sites for hydroxylation is 1. The van der Waals surface area contributed by atoms with Crippen LogP contribution in [0.2, 0.25) is 0 Å². The summed E-state index contributed by atoms with van der Waals surface area (Å²) in [6, 6.07) is 12.3. The van der Waals surface area contributed by atoms with E-state index in [2.05, 4.69) is 5.32 Å². The molecule has 0 atom stereocenters. The Balaban J connectivity index is 2.04. The molecule has 6 heteroatoms. The zero-order valence-electron chi connectivity index (χ0n) is 14.8. The van der Waals surface area contributed by atoms with Crippen molar-refractivity contribution < 1.29 is 19.1 Å². The van der Waals surface area contributed by atoms with Crippen LogP contribution in [0, 0.1) is 6.92 Å². The third kappa shape index (κ3) is 4.73. The molecule has 0 radical (unpaired) electrons. The maximum absolute atomic E-state index is 12.1. The van der Waals surface area contributed by atoms with E-state index in [1.54, 1.807) is 50.5 Å². The second-order valence-corrected chi connectivity index (χ2v) is 5.72. The van der Waals surface area contributed by atoms with Crippen LogP contribution in [0.3, 0.4) is 0 Å². The summed E-state index contributed by atoms with van der Waals surface area (Å²) >= 11 is 0. The third-order valence-corrected chi connectivity index (χ3v) is 3.58. The summed E-state index contributed by atoms with van der Waals surface area (Å²) in [5, 5.41) is 2.74. The largest absolute Gasteiger partial charge is 0.495 e. The molecule has 0 aliphatic rings. The minimum absolute atomic E-state index is 0.122. The van der Waals surface area contributed by atoms with E-state index in [1.165, 1.54) is 12.0 Å². The zero-order valence-corrected chi connectivity index (χ0v) is 14.8. The van der Waals surface area contributed by atoms with Crippen molar-refractivity contribution in [3.05, 3.63) is 53.6 Å². The molecule has 0 aromatic heterocycles. The number of amides is 2. The van der Waals surface area contributed by atoms with Crippen molar-refractivity contribution in [2.45, 2.75) is 6.92 Å². The van der Waals surface area contributed by atoms with Crippen molar-refractivity contribution in [2.24, 2.45) is 0 Å². The molecule has 1 N–H and O–H groups in total. The molecular weight excluding hydrogens is 320 g/mol. The molecule has 0 aliphatic carbocycles. The van der Waals surface area contributed by atoms with Gasteiger partial charge in [-0.05, 0) is 36.8 Å². The van der Waals surface area contributed by atoms with Crippen molar-refractivity contribution in [1.29, 1.82) is 0 Å². The Bertz CT molecular complexity index is 772. The SMILES string of the molecule is COc1ccccc1NC(=O)COc1cc(C(=O)N(C)C)ccc1C. The van der Waals surface area contributed by atoms with Gasteiger partial charge in [0.2, 0.25) is 0 Å². The van der Waals surface area contributed by atoms with E-state index in [4.69, 9.17) is 9.47 Å². The number of carbonyl (C=O) groups excluding carboxylic acids is 2. The van der Waals surface area contributed by atoms with Gasteiger partial charge in [-0.3, -0.25) is 9.59 Å². The Kier molecular flexibility index (Phi) is 6.00. The molecule has 2 aromatic carbocycles. The lowest BCUT2D eigenvalue weighted by atomic mass is 10.1. The fourth-order valence-electron chi connectivity index (χ4n) is 2.22. The van der Waals surface area contributed by atoms with Crippen LogP contribution in [0.4, 0.5) is 5.69 Å². The minimum Gasteiger partial charge on any atom is -0.495 e. The normalized spacial score (nSPS) is 10.1. The van der Waals surface area contributed by atoms with Gasteiger partial charge in [0.05, 0.1) is 12.8 Å². The fourth-order valence-corrected chi connectivity index (χ4v) is 2.22. The summed E-state index contributed by atoms with van der Waals surface area (Å²) in [6.07, 6.45) is 0. The number of anilines is 1. The smallest absolute Gasteiger partial charge is 0.262 e. The van der Waals surface area contributed by atoms with Gasteiger partial charge in [-0.15, -0.1) is 0 Å². The van der Waals surface area contributed by atoms with Crippen LogP contribution in [0.5, 0.6) is 11.5 Å². The van der Waals surface area contributed by atoms with Crippen molar-refractivity contribution in [1.82, 2.24) is 4.90 Å². The van der Waals surface area contributed by atoms with Crippen LogP contribution < -0.4 is 14.8 Å². The first-order chi connectivity index (χ1) is 11.9. The van der Waals surface area contributed by atoms with Gasteiger partial charge in [-0.2, -0.15) is 0 Å². The first kappa shape index (κ1) is 18.3. The quantitative estimate of drug-likeness (QED) is 0.876. The molecule has 0 aliphatic heterocycles. The maximum Gasteiger partial charge on any atom is 0.262 e. The molecule has 0 bridgehead atoms. The number of hydrogen-bond donors (Lipinski definition) is 1. The van der Waals surface area contributed by atoms with E-state index in [-0.39, 0.29) is 18.4 Å². The highest BCUT2D eigenvalue weighted by molar-refractivity contribution is 5.95. The number of ether oxygens (including phenoxy) is 2. The van der Waals surface area contributed by atoms with E-state index >= 15 is 0 Å². The molecule has 0 unspecified atom stereocenters. The lowest BCUT2D eigenvalue weighted by Gasteiger charge is -2.14. The van der Waals surface area contributed by atoms with E-state index in [1.807, 2.05) is 13.0 Å². The van der Waals surface area contributed by atoms with Gasteiger partial charge < -0.3 is 19.7 Å². The first-order valence-electron chi connectivity index (χ1n) is 7.80. The fraction of sp³-hybridized carbons (Fsp3) is 0.263. The number of hydrogen-bond acceptors (Lipinski definition) is 4. The second kappa shape index (κ2) is 8.19. The van der Waals surface area contributed by atoms with E-state index in [9.17, 15) is 9.59 Å². The molecule has 132 valence electrons. The van der Waals surface area contributed by atoms with Crippen LogP contribution in [0.1, 0.15) is 15.9 Å². The number of nitrogens with zero attached hydrogens (tertiary/aromatic N) is 1. The summed E-state index contributed by atoms with van der Waals surface area (Å²) in [6.45, 7) is 1.69. The molecule has 0 saturated carbocycles. The summed E-state index contributed by atoms with van der Waals surface area (Å²) in [7, 11) is 4.91. The number of methoxy groups -OCH3 is 1. The Morgan fingerprint density at radius 2 is 1.80 bits per heavy atom. The lowest BCUT2D eigenvalue weighted by Crippen LogP contribution is -2.22. The van der Waals surface area contributed by atoms with Crippen molar-refractivity contribution in [3.63, 3.8) is 0 Å². The van der Waals surface area contributed by atoms with E-state index in [0.29, 0.717) is 22.7 Å². The Morgan fingerprint density at radius 1 is 1.08 bits per heavy atom. The third-order valence-electron chi connectivity index (χ3n) is 3.58. The topological polar surface area (TPSA) is 67.9 Å².